The summed E-state index contributed by atoms with van der Waals surface area (Å²) in [6.45, 7) is 4.00. The van der Waals surface area contributed by atoms with Gasteiger partial charge in [-0.1, -0.05) is 13.0 Å². The highest BCUT2D eigenvalue weighted by atomic mass is 35.5. The molecular formula is C16H23ClN2O5. The number of aromatic nitrogens is 1. The molecule has 7 nitrogen and oxygen atoms in total. The molecule has 1 unspecified atom stereocenters. The van der Waals surface area contributed by atoms with Crippen molar-refractivity contribution in [2.24, 2.45) is 5.92 Å². The van der Waals surface area contributed by atoms with Gasteiger partial charge in [0.2, 0.25) is 5.75 Å². The SMILES string of the molecule is CC(CO)CNCCCOc1cccc2[nH]c(=O)c(O)c(O)c12.Cl. The van der Waals surface area contributed by atoms with Crippen molar-refractivity contribution < 1.29 is 20.1 Å². The van der Waals surface area contributed by atoms with Crippen LogP contribution in [0.2, 0.25) is 0 Å². The number of pyridine rings is 1. The van der Waals surface area contributed by atoms with Crippen LogP contribution in [0.25, 0.3) is 10.9 Å². The lowest BCUT2D eigenvalue weighted by Gasteiger charge is -2.12. The summed E-state index contributed by atoms with van der Waals surface area (Å²) >= 11 is 0. The number of ether oxygens (including phenoxy) is 1. The summed E-state index contributed by atoms with van der Waals surface area (Å²) in [5.74, 6) is -0.580. The van der Waals surface area contributed by atoms with E-state index in [1.54, 1.807) is 18.2 Å². The van der Waals surface area contributed by atoms with Crippen LogP contribution in [0.3, 0.4) is 0 Å². The van der Waals surface area contributed by atoms with Crippen molar-refractivity contribution in [2.75, 3.05) is 26.3 Å². The molecule has 0 aliphatic rings. The molecular weight excluding hydrogens is 336 g/mol. The van der Waals surface area contributed by atoms with Crippen LogP contribution in [0, 0.1) is 5.92 Å². The molecule has 5 N–H and O–H groups in total. The first kappa shape index (κ1) is 20.1. The highest BCUT2D eigenvalue weighted by molar-refractivity contribution is 5.92. The standard InChI is InChI=1S/C16H22N2O5.ClH/c1-10(9-19)8-17-6-3-7-23-12-5-2-4-11-13(12)14(20)15(21)16(22)18-11;/h2,4-5,10,17,19,21H,3,6-9H2,1H3,(H2,18,20,22);1H. The first-order valence-corrected chi connectivity index (χ1v) is 7.56. The van der Waals surface area contributed by atoms with Gasteiger partial charge < -0.3 is 30.4 Å². The summed E-state index contributed by atoms with van der Waals surface area (Å²) in [7, 11) is 0. The second kappa shape index (κ2) is 9.36. The second-order valence-corrected chi connectivity index (χ2v) is 5.52. The summed E-state index contributed by atoms with van der Waals surface area (Å²) in [4.78, 5) is 13.9. The molecule has 0 radical (unpaired) electrons. The maximum absolute atomic E-state index is 11.4. The molecule has 1 atom stereocenters. The number of aliphatic hydroxyl groups excluding tert-OH is 1. The van der Waals surface area contributed by atoms with Crippen LogP contribution in [-0.2, 0) is 0 Å². The maximum Gasteiger partial charge on any atom is 0.294 e. The van der Waals surface area contributed by atoms with Gasteiger partial charge in [0, 0.05) is 6.61 Å². The van der Waals surface area contributed by atoms with Crippen LogP contribution in [0.1, 0.15) is 13.3 Å². The molecule has 24 heavy (non-hydrogen) atoms. The predicted octanol–water partition coefficient (Wildman–Crippen LogP) is 1.35. The summed E-state index contributed by atoms with van der Waals surface area (Å²) in [6.07, 6.45) is 0.741. The minimum absolute atomic E-state index is 0. The van der Waals surface area contributed by atoms with E-state index >= 15 is 0 Å². The molecule has 2 rings (SSSR count). The molecule has 1 aromatic heterocycles. The lowest BCUT2D eigenvalue weighted by molar-refractivity contribution is 0.232. The van der Waals surface area contributed by atoms with E-state index in [1.165, 1.54) is 0 Å². The predicted molar refractivity (Wildman–Crippen MR) is 94.4 cm³/mol. The van der Waals surface area contributed by atoms with Crippen molar-refractivity contribution in [3.8, 4) is 17.2 Å². The number of nitrogens with one attached hydrogen (secondary N) is 2. The molecule has 8 heteroatoms. The van der Waals surface area contributed by atoms with Gasteiger partial charge >= 0.3 is 0 Å². The van der Waals surface area contributed by atoms with E-state index in [4.69, 9.17) is 9.84 Å². The van der Waals surface area contributed by atoms with Gasteiger partial charge in [0.15, 0.2) is 5.75 Å². The Labute approximate surface area is 145 Å². The number of rotatable bonds is 8. The number of aromatic hydroxyl groups is 2. The normalized spacial score (nSPS) is 11.9. The van der Waals surface area contributed by atoms with Gasteiger partial charge in [0.05, 0.1) is 17.5 Å². The molecule has 1 aromatic carbocycles. The van der Waals surface area contributed by atoms with E-state index in [9.17, 15) is 15.0 Å². The third-order valence-electron chi connectivity index (χ3n) is 3.51. The van der Waals surface area contributed by atoms with E-state index in [0.717, 1.165) is 19.5 Å². The van der Waals surface area contributed by atoms with Gasteiger partial charge in [0.25, 0.3) is 5.56 Å². The fraction of sp³-hybridized carbons (Fsp3) is 0.438. The third kappa shape index (κ3) is 4.77. The van der Waals surface area contributed by atoms with Crippen LogP contribution >= 0.6 is 12.4 Å². The Kier molecular flexibility index (Phi) is 7.84. The second-order valence-electron chi connectivity index (χ2n) is 5.52. The van der Waals surface area contributed by atoms with Crippen molar-refractivity contribution in [3.63, 3.8) is 0 Å². The minimum Gasteiger partial charge on any atom is -0.504 e. The number of benzene rings is 1. The Hall–Kier alpha value is -1.96. The van der Waals surface area contributed by atoms with Gasteiger partial charge in [-0.3, -0.25) is 4.79 Å². The van der Waals surface area contributed by atoms with Crippen LogP contribution in [-0.4, -0.2) is 46.6 Å². The lowest BCUT2D eigenvalue weighted by atomic mass is 10.1. The molecule has 0 amide bonds. The lowest BCUT2D eigenvalue weighted by Crippen LogP contribution is -2.25. The smallest absolute Gasteiger partial charge is 0.294 e. The molecule has 0 aliphatic heterocycles. The molecule has 0 saturated carbocycles. The molecule has 0 bridgehead atoms. The Morgan fingerprint density at radius 2 is 2.04 bits per heavy atom. The molecule has 0 fully saturated rings. The number of fused-ring (bicyclic) bond motifs is 1. The van der Waals surface area contributed by atoms with Gasteiger partial charge in [-0.15, -0.1) is 12.4 Å². The Bertz CT molecular complexity index is 719. The van der Waals surface area contributed by atoms with E-state index < -0.39 is 17.1 Å². The fourth-order valence-electron chi connectivity index (χ4n) is 2.20. The monoisotopic (exact) mass is 358 g/mol. The van der Waals surface area contributed by atoms with Gasteiger partial charge in [-0.2, -0.15) is 0 Å². The Balaban J connectivity index is 0.00000288. The van der Waals surface area contributed by atoms with Crippen LogP contribution in [0.15, 0.2) is 23.0 Å². The third-order valence-corrected chi connectivity index (χ3v) is 3.51. The average molecular weight is 359 g/mol. The molecule has 2 aromatic rings. The molecule has 0 aliphatic carbocycles. The van der Waals surface area contributed by atoms with E-state index in [0.29, 0.717) is 17.9 Å². The molecule has 0 spiro atoms. The number of halogens is 1. The summed E-state index contributed by atoms with van der Waals surface area (Å²) in [6, 6.07) is 4.99. The number of hydrogen-bond acceptors (Lipinski definition) is 6. The number of H-pyrrole nitrogens is 1. The largest absolute Gasteiger partial charge is 0.504 e. The van der Waals surface area contributed by atoms with E-state index in [1.807, 2.05) is 6.92 Å². The maximum atomic E-state index is 11.4. The first-order chi connectivity index (χ1) is 11.0. The topological polar surface area (TPSA) is 115 Å². The zero-order chi connectivity index (χ0) is 16.8. The summed E-state index contributed by atoms with van der Waals surface area (Å²) < 4.78 is 5.65. The van der Waals surface area contributed by atoms with Crippen molar-refractivity contribution in [3.05, 3.63) is 28.6 Å². The van der Waals surface area contributed by atoms with Gasteiger partial charge in [-0.05, 0) is 37.6 Å². The van der Waals surface area contributed by atoms with Crippen LogP contribution < -0.4 is 15.6 Å². The first-order valence-electron chi connectivity index (χ1n) is 7.56. The quantitative estimate of drug-likeness (QED) is 0.455. The number of hydrogen-bond donors (Lipinski definition) is 5. The van der Waals surface area contributed by atoms with Crippen LogP contribution in [0.4, 0.5) is 0 Å². The average Bonchev–Trinajstić information content (AvgIpc) is 2.55. The molecule has 134 valence electrons. The molecule has 0 saturated heterocycles. The number of aromatic amines is 1. The highest BCUT2D eigenvalue weighted by Gasteiger charge is 2.14. The van der Waals surface area contributed by atoms with E-state index in [-0.39, 0.29) is 30.3 Å². The Morgan fingerprint density at radius 3 is 2.75 bits per heavy atom. The zero-order valence-corrected chi connectivity index (χ0v) is 14.2. The Morgan fingerprint density at radius 1 is 1.29 bits per heavy atom. The fourth-order valence-corrected chi connectivity index (χ4v) is 2.20. The summed E-state index contributed by atoms with van der Waals surface area (Å²) in [5, 5.41) is 31.9. The zero-order valence-electron chi connectivity index (χ0n) is 13.4. The van der Waals surface area contributed by atoms with Crippen molar-refractivity contribution in [1.82, 2.24) is 10.3 Å². The van der Waals surface area contributed by atoms with Crippen molar-refractivity contribution in [2.45, 2.75) is 13.3 Å². The number of aliphatic hydroxyl groups is 1. The van der Waals surface area contributed by atoms with E-state index in [2.05, 4.69) is 10.3 Å². The highest BCUT2D eigenvalue weighted by Crippen LogP contribution is 2.35. The van der Waals surface area contributed by atoms with Gasteiger partial charge in [-0.25, -0.2) is 0 Å². The van der Waals surface area contributed by atoms with Crippen LogP contribution in [0.5, 0.6) is 17.2 Å². The van der Waals surface area contributed by atoms with Crippen molar-refractivity contribution in [1.29, 1.82) is 0 Å². The van der Waals surface area contributed by atoms with Gasteiger partial charge in [0.1, 0.15) is 5.75 Å². The summed E-state index contributed by atoms with van der Waals surface area (Å²) in [5.41, 5.74) is -0.341. The van der Waals surface area contributed by atoms with Crippen molar-refractivity contribution >= 4 is 23.3 Å². The minimum atomic E-state index is -0.741. The molecule has 1 heterocycles.